The summed E-state index contributed by atoms with van der Waals surface area (Å²) in [5, 5.41) is 5.28. The van der Waals surface area contributed by atoms with Crippen molar-refractivity contribution in [3.63, 3.8) is 0 Å². The molecule has 3 heterocycles. The van der Waals surface area contributed by atoms with Crippen molar-refractivity contribution in [1.29, 1.82) is 0 Å². The number of carbonyl (C=O) groups is 1. The smallest absolute Gasteiger partial charge is 0.341 e. The fraction of sp³-hybridized carbons (Fsp3) is 0.250. The van der Waals surface area contributed by atoms with Crippen LogP contribution in [-0.4, -0.2) is 39.4 Å². The van der Waals surface area contributed by atoms with Gasteiger partial charge in [0.25, 0.3) is 0 Å². The Morgan fingerprint density at radius 2 is 1.84 bits per heavy atom. The van der Waals surface area contributed by atoms with Crippen molar-refractivity contribution in [3.8, 4) is 28.1 Å². The van der Waals surface area contributed by atoms with E-state index in [1.165, 1.54) is 0 Å². The number of aromatic nitrogens is 4. The minimum absolute atomic E-state index is 0.263. The molecule has 1 aromatic carbocycles. The Kier molecular flexibility index (Phi) is 5.66. The molecule has 0 saturated heterocycles. The molecular weight excluding hydrogens is 392 g/mol. The average Bonchev–Trinajstić information content (AvgIpc) is 3.20. The van der Waals surface area contributed by atoms with E-state index in [9.17, 15) is 4.79 Å². The van der Waals surface area contributed by atoms with Crippen LogP contribution >= 0.6 is 0 Å². The molecule has 3 aromatic heterocycles. The Hall–Kier alpha value is -3.74. The van der Waals surface area contributed by atoms with E-state index in [1.54, 1.807) is 32.6 Å². The summed E-state index contributed by atoms with van der Waals surface area (Å²) < 4.78 is 12.6. The number of ether oxygens (including phenoxy) is 2. The molecule has 0 radical (unpaired) electrons. The molecule has 0 saturated carbocycles. The van der Waals surface area contributed by atoms with Crippen molar-refractivity contribution >= 4 is 17.0 Å². The molecule has 0 amide bonds. The number of benzene rings is 1. The topological polar surface area (TPSA) is 79.1 Å². The third-order valence-corrected chi connectivity index (χ3v) is 5.09. The second kappa shape index (κ2) is 8.55. The van der Waals surface area contributed by atoms with E-state index >= 15 is 0 Å². The average molecular weight is 416 g/mol. The molecule has 0 aliphatic rings. The number of hydrogen-bond donors (Lipinski definition) is 0. The van der Waals surface area contributed by atoms with Crippen LogP contribution in [0.15, 0.2) is 48.9 Å². The predicted molar refractivity (Wildman–Crippen MR) is 119 cm³/mol. The quantitative estimate of drug-likeness (QED) is 0.425. The molecule has 0 atom stereocenters. The highest BCUT2D eigenvalue weighted by atomic mass is 16.5. The Morgan fingerprint density at radius 1 is 1.06 bits per heavy atom. The zero-order valence-electron chi connectivity index (χ0n) is 18.0. The fourth-order valence-corrected chi connectivity index (χ4v) is 3.67. The van der Waals surface area contributed by atoms with Gasteiger partial charge in [-0.2, -0.15) is 5.10 Å². The summed E-state index contributed by atoms with van der Waals surface area (Å²) in [4.78, 5) is 22.5. The van der Waals surface area contributed by atoms with Crippen LogP contribution < -0.4 is 4.74 Å². The second-order valence-corrected chi connectivity index (χ2v) is 7.11. The number of esters is 1. The second-order valence-electron chi connectivity index (χ2n) is 7.11. The molecule has 0 N–H and O–H groups in total. The van der Waals surface area contributed by atoms with Gasteiger partial charge < -0.3 is 9.47 Å². The van der Waals surface area contributed by atoms with Crippen LogP contribution in [-0.2, 0) is 11.3 Å². The Morgan fingerprint density at radius 3 is 2.48 bits per heavy atom. The standard InChI is InChI=1S/C24H24N4O3/c1-5-28-23-19(14-26-28)20(17-11-15(3)12-25-13-17)21(24(29)31-6-2)22(27-23)16-7-9-18(30-4)10-8-16/h7-14H,5-6H2,1-4H3. The zero-order chi connectivity index (χ0) is 22.0. The largest absolute Gasteiger partial charge is 0.497 e. The molecule has 0 bridgehead atoms. The highest BCUT2D eigenvalue weighted by molar-refractivity contribution is 6.10. The van der Waals surface area contributed by atoms with E-state index in [2.05, 4.69) is 10.1 Å². The maximum atomic E-state index is 13.2. The van der Waals surface area contributed by atoms with E-state index in [4.69, 9.17) is 14.5 Å². The van der Waals surface area contributed by atoms with Gasteiger partial charge in [0.15, 0.2) is 5.65 Å². The lowest BCUT2D eigenvalue weighted by Crippen LogP contribution is -2.11. The number of pyridine rings is 2. The monoisotopic (exact) mass is 416 g/mol. The number of methoxy groups -OCH3 is 1. The number of rotatable bonds is 6. The van der Waals surface area contributed by atoms with Crippen LogP contribution in [0.1, 0.15) is 29.8 Å². The van der Waals surface area contributed by atoms with E-state index in [0.29, 0.717) is 23.4 Å². The first-order chi connectivity index (χ1) is 15.1. The Bertz CT molecular complexity index is 1250. The summed E-state index contributed by atoms with van der Waals surface area (Å²) in [6, 6.07) is 9.48. The number of aryl methyl sites for hydroxylation is 2. The third-order valence-electron chi connectivity index (χ3n) is 5.09. The molecule has 0 aliphatic carbocycles. The summed E-state index contributed by atoms with van der Waals surface area (Å²) in [5.41, 5.74) is 4.98. The number of nitrogens with zero attached hydrogens (tertiary/aromatic N) is 4. The van der Waals surface area contributed by atoms with E-state index in [1.807, 2.05) is 48.9 Å². The van der Waals surface area contributed by atoms with Gasteiger partial charge >= 0.3 is 5.97 Å². The first-order valence-corrected chi connectivity index (χ1v) is 10.2. The number of fused-ring (bicyclic) bond motifs is 1. The molecule has 7 heteroatoms. The molecule has 31 heavy (non-hydrogen) atoms. The molecule has 4 aromatic rings. The van der Waals surface area contributed by atoms with Crippen LogP contribution in [0.25, 0.3) is 33.4 Å². The highest BCUT2D eigenvalue weighted by Crippen LogP contribution is 2.38. The summed E-state index contributed by atoms with van der Waals surface area (Å²) >= 11 is 0. The summed E-state index contributed by atoms with van der Waals surface area (Å²) in [6.45, 7) is 6.69. The van der Waals surface area contributed by atoms with Crippen LogP contribution in [0.3, 0.4) is 0 Å². The zero-order valence-corrected chi connectivity index (χ0v) is 18.0. The van der Waals surface area contributed by atoms with Crippen molar-refractivity contribution in [2.75, 3.05) is 13.7 Å². The Balaban J connectivity index is 2.12. The Labute approximate surface area is 180 Å². The molecule has 158 valence electrons. The summed E-state index contributed by atoms with van der Waals surface area (Å²) in [6.07, 6.45) is 5.29. The normalized spacial score (nSPS) is 11.0. The lowest BCUT2D eigenvalue weighted by atomic mass is 9.94. The van der Waals surface area contributed by atoms with Crippen molar-refractivity contribution in [1.82, 2.24) is 19.7 Å². The lowest BCUT2D eigenvalue weighted by molar-refractivity contribution is 0.0528. The fourth-order valence-electron chi connectivity index (χ4n) is 3.67. The SMILES string of the molecule is CCOC(=O)c1c(-c2ccc(OC)cc2)nc2c(cnn2CC)c1-c1cncc(C)c1. The number of hydrogen-bond acceptors (Lipinski definition) is 6. The summed E-state index contributed by atoms with van der Waals surface area (Å²) in [7, 11) is 1.62. The van der Waals surface area contributed by atoms with Gasteiger partial charge in [-0.15, -0.1) is 0 Å². The van der Waals surface area contributed by atoms with E-state index in [-0.39, 0.29) is 6.61 Å². The minimum Gasteiger partial charge on any atom is -0.497 e. The maximum absolute atomic E-state index is 13.2. The van der Waals surface area contributed by atoms with E-state index < -0.39 is 5.97 Å². The first-order valence-electron chi connectivity index (χ1n) is 10.2. The molecule has 0 fully saturated rings. The van der Waals surface area contributed by atoms with E-state index in [0.717, 1.165) is 33.4 Å². The predicted octanol–water partition coefficient (Wildman–Crippen LogP) is 4.67. The molecule has 0 aliphatic heterocycles. The molecule has 7 nitrogen and oxygen atoms in total. The van der Waals surface area contributed by atoms with Crippen LogP contribution in [0.4, 0.5) is 0 Å². The third kappa shape index (κ3) is 3.74. The van der Waals surface area contributed by atoms with Crippen molar-refractivity contribution < 1.29 is 14.3 Å². The van der Waals surface area contributed by atoms with Gasteiger partial charge in [0.05, 0.1) is 31.2 Å². The van der Waals surface area contributed by atoms with Crippen molar-refractivity contribution in [2.24, 2.45) is 0 Å². The van der Waals surface area contributed by atoms with Crippen LogP contribution in [0, 0.1) is 6.92 Å². The minimum atomic E-state index is -0.427. The van der Waals surface area contributed by atoms with Gasteiger partial charge in [-0.25, -0.2) is 14.5 Å². The molecule has 0 spiro atoms. The molecular formula is C24H24N4O3. The first kappa shape index (κ1) is 20.5. The van der Waals surface area contributed by atoms with Gasteiger partial charge in [0, 0.05) is 41.0 Å². The van der Waals surface area contributed by atoms with Gasteiger partial charge in [0.1, 0.15) is 5.75 Å². The van der Waals surface area contributed by atoms with Crippen molar-refractivity contribution in [2.45, 2.75) is 27.3 Å². The van der Waals surface area contributed by atoms with Crippen LogP contribution in [0.5, 0.6) is 5.75 Å². The van der Waals surface area contributed by atoms with Gasteiger partial charge in [-0.3, -0.25) is 4.98 Å². The highest BCUT2D eigenvalue weighted by Gasteiger charge is 2.26. The molecule has 4 rings (SSSR count). The van der Waals surface area contributed by atoms with Crippen LogP contribution in [0.2, 0.25) is 0 Å². The van der Waals surface area contributed by atoms with Gasteiger partial charge in [-0.1, -0.05) is 0 Å². The summed E-state index contributed by atoms with van der Waals surface area (Å²) in [5.74, 6) is 0.299. The van der Waals surface area contributed by atoms with Gasteiger partial charge in [-0.05, 0) is 56.7 Å². The lowest BCUT2D eigenvalue weighted by Gasteiger charge is -2.16. The maximum Gasteiger partial charge on any atom is 0.341 e. The van der Waals surface area contributed by atoms with Crippen molar-refractivity contribution in [3.05, 3.63) is 60.0 Å². The van der Waals surface area contributed by atoms with Gasteiger partial charge in [0.2, 0.25) is 0 Å². The number of carbonyl (C=O) groups excluding carboxylic acids is 1. The molecule has 0 unspecified atom stereocenters.